The summed E-state index contributed by atoms with van der Waals surface area (Å²) in [6, 6.07) is 10.2. The van der Waals surface area contributed by atoms with Crippen molar-refractivity contribution in [1.29, 1.82) is 0 Å². The molecule has 18 heavy (non-hydrogen) atoms. The van der Waals surface area contributed by atoms with Gasteiger partial charge in [-0.25, -0.2) is 0 Å². The lowest BCUT2D eigenvalue weighted by Crippen LogP contribution is -2.41. The first-order valence-electron chi connectivity index (χ1n) is 6.29. The summed E-state index contributed by atoms with van der Waals surface area (Å²) in [5, 5.41) is 0. The van der Waals surface area contributed by atoms with Gasteiger partial charge in [-0.05, 0) is 12.1 Å². The number of nitrogens with two attached hydrogens (primary N) is 1. The number of likely N-dealkylation sites (N-methyl/N-ethyl adjacent to an activating group) is 2. The molecule has 0 aliphatic rings. The lowest BCUT2D eigenvalue weighted by Gasteiger charge is -2.30. The van der Waals surface area contributed by atoms with Crippen molar-refractivity contribution >= 4 is 5.91 Å². The van der Waals surface area contributed by atoms with E-state index in [1.807, 2.05) is 18.2 Å². The Hall–Kier alpha value is -1.39. The Morgan fingerprint density at radius 3 is 2.33 bits per heavy atom. The molecule has 0 aliphatic carbocycles. The second kappa shape index (κ2) is 7.13. The third-order valence-electron chi connectivity index (χ3n) is 3.09. The summed E-state index contributed by atoms with van der Waals surface area (Å²) in [7, 11) is 3.55. The topological polar surface area (TPSA) is 49.6 Å². The molecular formula is C14H23N3O. The zero-order valence-corrected chi connectivity index (χ0v) is 11.5. The smallest absolute Gasteiger partial charge is 0.236 e. The minimum absolute atomic E-state index is 0.0973. The van der Waals surface area contributed by atoms with Crippen molar-refractivity contribution in [2.24, 2.45) is 5.73 Å². The lowest BCUT2D eigenvalue weighted by molar-refractivity contribution is -0.130. The van der Waals surface area contributed by atoms with Gasteiger partial charge in [0.25, 0.3) is 0 Å². The quantitative estimate of drug-likeness (QED) is 0.821. The molecule has 1 aromatic rings. The fourth-order valence-corrected chi connectivity index (χ4v) is 1.93. The Labute approximate surface area is 109 Å². The van der Waals surface area contributed by atoms with E-state index in [2.05, 4.69) is 24.0 Å². The van der Waals surface area contributed by atoms with Crippen LogP contribution in [0.3, 0.4) is 0 Å². The van der Waals surface area contributed by atoms with E-state index in [4.69, 9.17) is 5.73 Å². The van der Waals surface area contributed by atoms with Crippen molar-refractivity contribution in [1.82, 2.24) is 9.80 Å². The van der Waals surface area contributed by atoms with Crippen molar-refractivity contribution < 1.29 is 4.79 Å². The highest BCUT2D eigenvalue weighted by atomic mass is 16.2. The number of carbonyl (C=O) groups is 1. The number of rotatable bonds is 6. The van der Waals surface area contributed by atoms with Gasteiger partial charge in [0.15, 0.2) is 0 Å². The molecule has 1 aromatic carbocycles. The van der Waals surface area contributed by atoms with Crippen LogP contribution in [0, 0.1) is 0 Å². The Morgan fingerprint density at radius 1 is 1.28 bits per heavy atom. The normalized spacial score (nSPS) is 12.5. The Balaban J connectivity index is 2.81. The third kappa shape index (κ3) is 3.82. The number of hydrogen-bond acceptors (Lipinski definition) is 3. The van der Waals surface area contributed by atoms with Crippen LogP contribution in [0.5, 0.6) is 0 Å². The molecule has 1 atom stereocenters. The standard InChI is InChI=1S/C14H23N3O/c1-4-17(11-14(18)16(2)3)13(10-15)12-8-6-5-7-9-12/h5-9,13H,4,10-11,15H2,1-3H3. The number of benzene rings is 1. The van der Waals surface area contributed by atoms with Crippen molar-refractivity contribution in [2.45, 2.75) is 13.0 Å². The fourth-order valence-electron chi connectivity index (χ4n) is 1.93. The van der Waals surface area contributed by atoms with Gasteiger partial charge in [0.1, 0.15) is 0 Å². The monoisotopic (exact) mass is 249 g/mol. The summed E-state index contributed by atoms with van der Waals surface area (Å²) in [4.78, 5) is 15.5. The van der Waals surface area contributed by atoms with Crippen LogP contribution in [0.15, 0.2) is 30.3 Å². The van der Waals surface area contributed by atoms with E-state index < -0.39 is 0 Å². The molecule has 0 aliphatic heterocycles. The van der Waals surface area contributed by atoms with Crippen LogP contribution in [-0.2, 0) is 4.79 Å². The molecular weight excluding hydrogens is 226 g/mol. The van der Waals surface area contributed by atoms with Gasteiger partial charge in [-0.15, -0.1) is 0 Å². The predicted octanol–water partition coefficient (Wildman–Crippen LogP) is 1.10. The van der Waals surface area contributed by atoms with E-state index in [0.29, 0.717) is 13.1 Å². The first-order chi connectivity index (χ1) is 8.60. The molecule has 1 rings (SSSR count). The summed E-state index contributed by atoms with van der Waals surface area (Å²) < 4.78 is 0. The molecule has 0 saturated carbocycles. The van der Waals surface area contributed by atoms with Crippen LogP contribution in [0.4, 0.5) is 0 Å². The van der Waals surface area contributed by atoms with Crippen LogP contribution in [0.2, 0.25) is 0 Å². The summed E-state index contributed by atoms with van der Waals surface area (Å²) in [6.07, 6.45) is 0. The molecule has 0 saturated heterocycles. The fraction of sp³-hybridized carbons (Fsp3) is 0.500. The van der Waals surface area contributed by atoms with E-state index in [1.165, 1.54) is 0 Å². The van der Waals surface area contributed by atoms with Gasteiger partial charge >= 0.3 is 0 Å². The molecule has 0 heterocycles. The molecule has 1 amide bonds. The highest BCUT2D eigenvalue weighted by molar-refractivity contribution is 5.77. The molecule has 4 nitrogen and oxygen atoms in total. The van der Waals surface area contributed by atoms with Crippen LogP contribution in [0.1, 0.15) is 18.5 Å². The molecule has 0 radical (unpaired) electrons. The van der Waals surface area contributed by atoms with Crippen LogP contribution >= 0.6 is 0 Å². The average Bonchev–Trinajstić information content (AvgIpc) is 2.39. The second-order valence-electron chi connectivity index (χ2n) is 4.51. The summed E-state index contributed by atoms with van der Waals surface area (Å²) in [6.45, 7) is 3.77. The van der Waals surface area contributed by atoms with Crippen molar-refractivity contribution in [3.63, 3.8) is 0 Å². The zero-order valence-electron chi connectivity index (χ0n) is 11.5. The van der Waals surface area contributed by atoms with Gasteiger partial charge in [0.05, 0.1) is 6.54 Å². The Kier molecular flexibility index (Phi) is 5.82. The summed E-state index contributed by atoms with van der Waals surface area (Å²) >= 11 is 0. The average molecular weight is 249 g/mol. The van der Waals surface area contributed by atoms with Gasteiger partial charge in [0, 0.05) is 26.7 Å². The zero-order chi connectivity index (χ0) is 13.5. The van der Waals surface area contributed by atoms with Crippen LogP contribution in [-0.4, -0.2) is 49.4 Å². The number of nitrogens with zero attached hydrogens (tertiary/aromatic N) is 2. The first-order valence-corrected chi connectivity index (χ1v) is 6.29. The van der Waals surface area contributed by atoms with Gasteiger partial charge in [-0.1, -0.05) is 37.3 Å². The Morgan fingerprint density at radius 2 is 1.89 bits per heavy atom. The van der Waals surface area contributed by atoms with Crippen molar-refractivity contribution in [2.75, 3.05) is 33.7 Å². The van der Waals surface area contributed by atoms with E-state index in [-0.39, 0.29) is 11.9 Å². The van der Waals surface area contributed by atoms with Gasteiger partial charge in [-0.3, -0.25) is 9.69 Å². The Bertz CT molecular complexity index is 365. The van der Waals surface area contributed by atoms with Crippen molar-refractivity contribution in [3.8, 4) is 0 Å². The maximum atomic E-state index is 11.8. The molecule has 4 heteroatoms. The molecule has 2 N–H and O–H groups in total. The SMILES string of the molecule is CCN(CC(=O)N(C)C)C(CN)c1ccccc1. The van der Waals surface area contributed by atoms with E-state index in [0.717, 1.165) is 12.1 Å². The van der Waals surface area contributed by atoms with Crippen LogP contribution < -0.4 is 5.73 Å². The molecule has 0 fully saturated rings. The van der Waals surface area contributed by atoms with E-state index in [1.54, 1.807) is 19.0 Å². The second-order valence-corrected chi connectivity index (χ2v) is 4.51. The van der Waals surface area contributed by atoms with Gasteiger partial charge < -0.3 is 10.6 Å². The number of carbonyl (C=O) groups excluding carboxylic acids is 1. The molecule has 100 valence electrons. The van der Waals surface area contributed by atoms with E-state index >= 15 is 0 Å². The molecule has 0 spiro atoms. The summed E-state index contributed by atoms with van der Waals surface area (Å²) in [5.74, 6) is 0.103. The minimum Gasteiger partial charge on any atom is -0.348 e. The third-order valence-corrected chi connectivity index (χ3v) is 3.09. The number of amides is 1. The highest BCUT2D eigenvalue weighted by Crippen LogP contribution is 2.18. The number of hydrogen-bond donors (Lipinski definition) is 1. The summed E-state index contributed by atoms with van der Waals surface area (Å²) in [5.41, 5.74) is 7.03. The maximum Gasteiger partial charge on any atom is 0.236 e. The first kappa shape index (κ1) is 14.7. The molecule has 0 aromatic heterocycles. The van der Waals surface area contributed by atoms with Crippen molar-refractivity contribution in [3.05, 3.63) is 35.9 Å². The van der Waals surface area contributed by atoms with Crippen LogP contribution in [0.25, 0.3) is 0 Å². The minimum atomic E-state index is 0.0973. The lowest BCUT2D eigenvalue weighted by atomic mass is 10.1. The molecule has 0 bridgehead atoms. The van der Waals surface area contributed by atoms with Gasteiger partial charge in [-0.2, -0.15) is 0 Å². The molecule has 1 unspecified atom stereocenters. The highest BCUT2D eigenvalue weighted by Gasteiger charge is 2.20. The van der Waals surface area contributed by atoms with E-state index in [9.17, 15) is 4.79 Å². The largest absolute Gasteiger partial charge is 0.348 e. The van der Waals surface area contributed by atoms with Gasteiger partial charge in [0.2, 0.25) is 5.91 Å². The maximum absolute atomic E-state index is 11.8. The predicted molar refractivity (Wildman–Crippen MR) is 74.2 cm³/mol.